The third-order valence-corrected chi connectivity index (χ3v) is 3.47. The average Bonchev–Trinajstić information content (AvgIpc) is 3.05. The molecule has 0 saturated carbocycles. The first kappa shape index (κ1) is 13.4. The second kappa shape index (κ2) is 5.79. The summed E-state index contributed by atoms with van der Waals surface area (Å²) in [7, 11) is 1.39. The number of rotatable bonds is 3. The minimum absolute atomic E-state index is 0.284. The van der Waals surface area contributed by atoms with Gasteiger partial charge in [0.05, 0.1) is 13.7 Å². The van der Waals surface area contributed by atoms with Gasteiger partial charge in [-0.25, -0.2) is 4.79 Å². The first-order chi connectivity index (χ1) is 10.3. The molecular formula is C17H16N2O2. The molecule has 1 aliphatic rings. The molecule has 2 aromatic carbocycles. The Hall–Kier alpha value is -2.62. The van der Waals surface area contributed by atoms with Gasteiger partial charge in [0.1, 0.15) is 11.9 Å². The summed E-state index contributed by atoms with van der Waals surface area (Å²) in [5, 5.41) is 3.11. The summed E-state index contributed by atoms with van der Waals surface area (Å²) in [6.07, 6.45) is 0. The number of carbonyl (C=O) groups excluding carboxylic acids is 1. The Bertz CT molecular complexity index is 680. The van der Waals surface area contributed by atoms with E-state index in [-0.39, 0.29) is 12.0 Å². The number of hydrogen-bond donors (Lipinski definition) is 1. The minimum Gasteiger partial charge on any atom is -0.467 e. The molecule has 0 amide bonds. The van der Waals surface area contributed by atoms with E-state index in [1.807, 2.05) is 30.3 Å². The van der Waals surface area contributed by atoms with Crippen molar-refractivity contribution in [1.82, 2.24) is 5.32 Å². The molecule has 1 unspecified atom stereocenters. The summed E-state index contributed by atoms with van der Waals surface area (Å²) < 4.78 is 4.74. The highest BCUT2D eigenvalue weighted by atomic mass is 16.5. The largest absolute Gasteiger partial charge is 0.467 e. The van der Waals surface area contributed by atoms with Crippen molar-refractivity contribution in [3.63, 3.8) is 0 Å². The highest BCUT2D eigenvalue weighted by Gasteiger charge is 2.25. The number of esters is 1. The van der Waals surface area contributed by atoms with Crippen molar-refractivity contribution in [2.75, 3.05) is 13.7 Å². The zero-order chi connectivity index (χ0) is 14.7. The zero-order valence-electron chi connectivity index (χ0n) is 11.7. The number of aliphatic imine (C=N–C) groups is 1. The fourth-order valence-electron chi connectivity index (χ4n) is 2.37. The van der Waals surface area contributed by atoms with E-state index in [1.165, 1.54) is 7.11 Å². The van der Waals surface area contributed by atoms with Crippen LogP contribution in [0.5, 0.6) is 0 Å². The third-order valence-electron chi connectivity index (χ3n) is 3.47. The van der Waals surface area contributed by atoms with Gasteiger partial charge < -0.3 is 10.1 Å². The predicted molar refractivity (Wildman–Crippen MR) is 82.2 cm³/mol. The Balaban J connectivity index is 1.83. The molecule has 0 aliphatic carbocycles. The van der Waals surface area contributed by atoms with E-state index in [1.54, 1.807) is 0 Å². The smallest absolute Gasteiger partial charge is 0.330 e. The van der Waals surface area contributed by atoms with Crippen molar-refractivity contribution < 1.29 is 9.53 Å². The summed E-state index contributed by atoms with van der Waals surface area (Å²) in [4.78, 5) is 15.9. The van der Waals surface area contributed by atoms with Crippen molar-refractivity contribution in [3.8, 4) is 11.1 Å². The number of nitrogens with one attached hydrogen (secondary N) is 1. The standard InChI is InChI=1S/C17H16N2O2/c1-21-17(20)15-11-18-16(19-15)14-9-5-8-13(10-14)12-6-3-2-4-7-12/h2-10,15H,11H2,1H3,(H,18,19). The predicted octanol–water partition coefficient (Wildman–Crippen LogP) is 2.25. The lowest BCUT2D eigenvalue weighted by molar-refractivity contribution is -0.142. The van der Waals surface area contributed by atoms with Crippen LogP contribution in [-0.4, -0.2) is 31.5 Å². The monoisotopic (exact) mass is 280 g/mol. The molecule has 3 rings (SSSR count). The van der Waals surface area contributed by atoms with Crippen LogP contribution in [0.1, 0.15) is 5.56 Å². The van der Waals surface area contributed by atoms with Gasteiger partial charge in [0.15, 0.2) is 0 Å². The molecule has 1 N–H and O–H groups in total. The van der Waals surface area contributed by atoms with Crippen molar-refractivity contribution in [1.29, 1.82) is 0 Å². The third kappa shape index (κ3) is 2.79. The summed E-state index contributed by atoms with van der Waals surface area (Å²) in [6.45, 7) is 0.414. The van der Waals surface area contributed by atoms with Crippen LogP contribution in [-0.2, 0) is 9.53 Å². The molecule has 0 radical (unpaired) electrons. The van der Waals surface area contributed by atoms with Crippen LogP contribution >= 0.6 is 0 Å². The van der Waals surface area contributed by atoms with Gasteiger partial charge in [0.25, 0.3) is 0 Å². The van der Waals surface area contributed by atoms with Gasteiger partial charge in [0, 0.05) is 5.56 Å². The number of benzene rings is 2. The molecule has 4 heteroatoms. The Morgan fingerprint density at radius 2 is 1.81 bits per heavy atom. The van der Waals surface area contributed by atoms with Gasteiger partial charge in [-0.2, -0.15) is 0 Å². The minimum atomic E-state index is -0.384. The summed E-state index contributed by atoms with van der Waals surface area (Å²) in [6, 6.07) is 17.9. The number of ether oxygens (including phenoxy) is 1. The van der Waals surface area contributed by atoms with Gasteiger partial charge in [-0.3, -0.25) is 4.99 Å². The van der Waals surface area contributed by atoms with E-state index in [0.29, 0.717) is 6.54 Å². The van der Waals surface area contributed by atoms with Crippen LogP contribution in [0.4, 0.5) is 0 Å². The van der Waals surface area contributed by atoms with Gasteiger partial charge in [-0.15, -0.1) is 0 Å². The Labute approximate surface area is 123 Å². The van der Waals surface area contributed by atoms with Gasteiger partial charge in [0.2, 0.25) is 0 Å². The lowest BCUT2D eigenvalue weighted by Crippen LogP contribution is -2.38. The highest BCUT2D eigenvalue weighted by Crippen LogP contribution is 2.20. The van der Waals surface area contributed by atoms with Crippen molar-refractivity contribution in [3.05, 3.63) is 60.2 Å². The molecule has 0 bridgehead atoms. The fraction of sp³-hybridized carbons (Fsp3) is 0.176. The first-order valence-corrected chi connectivity index (χ1v) is 6.82. The number of amidine groups is 1. The Morgan fingerprint density at radius 3 is 2.57 bits per heavy atom. The Kier molecular flexibility index (Phi) is 3.69. The second-order valence-corrected chi connectivity index (χ2v) is 4.86. The summed E-state index contributed by atoms with van der Waals surface area (Å²) >= 11 is 0. The van der Waals surface area contributed by atoms with Crippen LogP contribution in [0.2, 0.25) is 0 Å². The molecule has 4 nitrogen and oxygen atoms in total. The second-order valence-electron chi connectivity index (χ2n) is 4.86. The molecule has 0 spiro atoms. The lowest BCUT2D eigenvalue weighted by atomic mass is 10.0. The number of hydrogen-bond acceptors (Lipinski definition) is 4. The average molecular weight is 280 g/mol. The fourth-order valence-corrected chi connectivity index (χ4v) is 2.37. The van der Waals surface area contributed by atoms with Gasteiger partial charge in [-0.05, 0) is 17.2 Å². The first-order valence-electron chi connectivity index (χ1n) is 6.82. The molecular weight excluding hydrogens is 264 g/mol. The van der Waals surface area contributed by atoms with Crippen LogP contribution < -0.4 is 5.32 Å². The molecule has 0 aromatic heterocycles. The number of nitrogens with zero attached hydrogens (tertiary/aromatic N) is 1. The number of carbonyl (C=O) groups is 1. The van der Waals surface area contributed by atoms with Crippen LogP contribution in [0.15, 0.2) is 59.6 Å². The SMILES string of the molecule is COC(=O)C1CN=C(c2cccc(-c3ccccc3)c2)N1. The summed E-state index contributed by atoms with van der Waals surface area (Å²) in [5.74, 6) is 0.455. The molecule has 1 atom stereocenters. The molecule has 2 aromatic rings. The van der Waals surface area contributed by atoms with Crippen LogP contribution in [0, 0.1) is 0 Å². The maximum absolute atomic E-state index is 11.5. The molecule has 0 saturated heterocycles. The molecule has 21 heavy (non-hydrogen) atoms. The highest BCUT2D eigenvalue weighted by molar-refractivity contribution is 6.03. The molecule has 1 aliphatic heterocycles. The van der Waals surface area contributed by atoms with Crippen molar-refractivity contribution in [2.45, 2.75) is 6.04 Å². The van der Waals surface area contributed by atoms with Crippen LogP contribution in [0.25, 0.3) is 11.1 Å². The van der Waals surface area contributed by atoms with Crippen LogP contribution in [0.3, 0.4) is 0 Å². The van der Waals surface area contributed by atoms with E-state index in [2.05, 4.69) is 34.6 Å². The lowest BCUT2D eigenvalue weighted by Gasteiger charge is -2.10. The zero-order valence-corrected chi connectivity index (χ0v) is 11.7. The van der Waals surface area contributed by atoms with E-state index in [9.17, 15) is 4.79 Å². The van der Waals surface area contributed by atoms with E-state index in [4.69, 9.17) is 4.74 Å². The molecule has 106 valence electrons. The normalized spacial score (nSPS) is 17.0. The quantitative estimate of drug-likeness (QED) is 0.877. The van der Waals surface area contributed by atoms with E-state index < -0.39 is 0 Å². The van der Waals surface area contributed by atoms with E-state index in [0.717, 1.165) is 22.5 Å². The number of methoxy groups -OCH3 is 1. The van der Waals surface area contributed by atoms with Crippen molar-refractivity contribution in [2.24, 2.45) is 4.99 Å². The maximum Gasteiger partial charge on any atom is 0.330 e. The Morgan fingerprint density at radius 1 is 1.10 bits per heavy atom. The summed E-state index contributed by atoms with van der Waals surface area (Å²) in [5.41, 5.74) is 3.25. The topological polar surface area (TPSA) is 50.7 Å². The maximum atomic E-state index is 11.5. The molecule has 1 heterocycles. The van der Waals surface area contributed by atoms with Gasteiger partial charge >= 0.3 is 5.97 Å². The van der Waals surface area contributed by atoms with Gasteiger partial charge in [-0.1, -0.05) is 48.5 Å². The molecule has 0 fully saturated rings. The van der Waals surface area contributed by atoms with E-state index >= 15 is 0 Å². The van der Waals surface area contributed by atoms with Crippen molar-refractivity contribution >= 4 is 11.8 Å².